The quantitative estimate of drug-likeness (QED) is 0.708. The number of hydrogen-bond donors (Lipinski definition) is 3. The fourth-order valence-electron chi connectivity index (χ4n) is 1.98. The largest absolute Gasteiger partial charge is 0.371 e. The lowest BCUT2D eigenvalue weighted by Crippen LogP contribution is -2.46. The molecule has 2 amide bonds. The minimum Gasteiger partial charge on any atom is -0.371 e. The Hall–Kier alpha value is -1.98. The maximum Gasteiger partial charge on any atom is 0.323 e. The highest BCUT2D eigenvalue weighted by Crippen LogP contribution is 2.21. The van der Waals surface area contributed by atoms with Gasteiger partial charge in [-0.3, -0.25) is 4.90 Å². The standard InChI is InChI=1S/C11H15N5O/c17-11(15-8-2-1-3-8)16-7-12-6-9(16)10-13-4-5-14-10/h4-6,8,12H,1-3,7H2,(H,13,14)(H,15,17). The molecule has 2 aliphatic rings. The second-order valence-electron chi connectivity index (χ2n) is 4.33. The molecule has 1 aliphatic carbocycles. The van der Waals surface area contributed by atoms with Gasteiger partial charge in [0.2, 0.25) is 0 Å². The predicted octanol–water partition coefficient (Wildman–Crippen LogP) is 0.833. The Morgan fingerprint density at radius 2 is 2.41 bits per heavy atom. The molecule has 0 spiro atoms. The van der Waals surface area contributed by atoms with Crippen LogP contribution in [-0.4, -0.2) is 33.6 Å². The van der Waals surface area contributed by atoms with Gasteiger partial charge in [0.05, 0.1) is 6.67 Å². The van der Waals surface area contributed by atoms with E-state index in [0.717, 1.165) is 18.5 Å². The highest BCUT2D eigenvalue weighted by molar-refractivity contribution is 5.85. The van der Waals surface area contributed by atoms with Crippen LogP contribution in [0.5, 0.6) is 0 Å². The SMILES string of the molecule is O=C(NC1CCC1)N1CNC=C1c1ncc[nH]1. The van der Waals surface area contributed by atoms with Crippen molar-refractivity contribution in [3.63, 3.8) is 0 Å². The first-order valence-corrected chi connectivity index (χ1v) is 5.86. The molecular weight excluding hydrogens is 218 g/mol. The van der Waals surface area contributed by atoms with Crippen molar-refractivity contribution < 1.29 is 4.79 Å². The summed E-state index contributed by atoms with van der Waals surface area (Å²) >= 11 is 0. The third-order valence-electron chi connectivity index (χ3n) is 3.20. The van der Waals surface area contributed by atoms with Crippen LogP contribution in [0.3, 0.4) is 0 Å². The summed E-state index contributed by atoms with van der Waals surface area (Å²) in [5.41, 5.74) is 0.784. The Balaban J connectivity index is 1.70. The predicted molar refractivity (Wildman–Crippen MR) is 62.6 cm³/mol. The van der Waals surface area contributed by atoms with Crippen LogP contribution in [0, 0.1) is 0 Å². The van der Waals surface area contributed by atoms with Crippen LogP contribution in [0.15, 0.2) is 18.6 Å². The Bertz CT molecular complexity index is 435. The molecule has 6 nitrogen and oxygen atoms in total. The second-order valence-corrected chi connectivity index (χ2v) is 4.33. The minimum atomic E-state index is -0.0534. The highest BCUT2D eigenvalue weighted by atomic mass is 16.2. The average Bonchev–Trinajstić information content (AvgIpc) is 2.91. The number of aromatic amines is 1. The summed E-state index contributed by atoms with van der Waals surface area (Å²) in [5.74, 6) is 0.707. The number of urea groups is 1. The fourth-order valence-corrected chi connectivity index (χ4v) is 1.98. The summed E-state index contributed by atoms with van der Waals surface area (Å²) < 4.78 is 0. The molecule has 1 aromatic rings. The van der Waals surface area contributed by atoms with Crippen LogP contribution in [0.1, 0.15) is 25.1 Å². The van der Waals surface area contributed by atoms with Crippen LogP contribution in [0.4, 0.5) is 4.79 Å². The zero-order valence-corrected chi connectivity index (χ0v) is 9.44. The maximum atomic E-state index is 12.0. The van der Waals surface area contributed by atoms with Gasteiger partial charge in [0.15, 0.2) is 5.82 Å². The van der Waals surface area contributed by atoms with E-state index in [1.165, 1.54) is 6.42 Å². The van der Waals surface area contributed by atoms with Crippen molar-refractivity contribution in [3.8, 4) is 0 Å². The number of H-pyrrole nitrogens is 1. The third kappa shape index (κ3) is 1.86. The Kier molecular flexibility index (Phi) is 2.47. The molecule has 1 saturated carbocycles. The molecule has 1 aromatic heterocycles. The maximum absolute atomic E-state index is 12.0. The molecule has 6 heteroatoms. The van der Waals surface area contributed by atoms with Gasteiger partial charge in [0.25, 0.3) is 0 Å². The number of hydrogen-bond acceptors (Lipinski definition) is 3. The van der Waals surface area contributed by atoms with Crippen molar-refractivity contribution in [1.82, 2.24) is 25.5 Å². The summed E-state index contributed by atoms with van der Waals surface area (Å²) in [6.45, 7) is 0.495. The number of imidazole rings is 1. The van der Waals surface area contributed by atoms with Gasteiger partial charge in [0.1, 0.15) is 5.70 Å². The van der Waals surface area contributed by atoms with E-state index in [9.17, 15) is 4.79 Å². The van der Waals surface area contributed by atoms with Crippen molar-refractivity contribution in [1.29, 1.82) is 0 Å². The molecule has 17 heavy (non-hydrogen) atoms. The normalized spacial score (nSPS) is 19.5. The number of nitrogens with one attached hydrogen (secondary N) is 3. The number of amides is 2. The molecule has 1 aliphatic heterocycles. The molecule has 2 heterocycles. The van der Waals surface area contributed by atoms with E-state index in [0.29, 0.717) is 18.5 Å². The minimum absolute atomic E-state index is 0.0534. The lowest BCUT2D eigenvalue weighted by atomic mass is 9.93. The van der Waals surface area contributed by atoms with E-state index in [4.69, 9.17) is 0 Å². The Labute approximate surface area is 99.1 Å². The second kappa shape index (κ2) is 4.12. The van der Waals surface area contributed by atoms with E-state index in [1.807, 2.05) is 0 Å². The van der Waals surface area contributed by atoms with E-state index in [-0.39, 0.29) is 6.03 Å². The van der Waals surface area contributed by atoms with E-state index in [1.54, 1.807) is 23.5 Å². The van der Waals surface area contributed by atoms with Gasteiger partial charge >= 0.3 is 6.03 Å². The molecule has 0 aromatic carbocycles. The van der Waals surface area contributed by atoms with Gasteiger partial charge in [-0.15, -0.1) is 0 Å². The number of carbonyl (C=O) groups excluding carboxylic acids is 1. The van der Waals surface area contributed by atoms with Crippen LogP contribution in [0.2, 0.25) is 0 Å². The van der Waals surface area contributed by atoms with Crippen molar-refractivity contribution in [2.24, 2.45) is 0 Å². The topological polar surface area (TPSA) is 73.1 Å². The zero-order valence-electron chi connectivity index (χ0n) is 9.44. The molecule has 0 unspecified atom stereocenters. The van der Waals surface area contributed by atoms with E-state index >= 15 is 0 Å². The van der Waals surface area contributed by atoms with Gasteiger partial charge in [-0.25, -0.2) is 9.78 Å². The molecule has 0 atom stereocenters. The van der Waals surface area contributed by atoms with Crippen molar-refractivity contribution in [2.75, 3.05) is 6.67 Å². The number of aromatic nitrogens is 2. The molecule has 0 radical (unpaired) electrons. The summed E-state index contributed by atoms with van der Waals surface area (Å²) in [5, 5.41) is 6.06. The smallest absolute Gasteiger partial charge is 0.323 e. The van der Waals surface area contributed by atoms with Gasteiger partial charge < -0.3 is 15.6 Å². The van der Waals surface area contributed by atoms with Gasteiger partial charge in [-0.05, 0) is 19.3 Å². The molecule has 1 fully saturated rings. The third-order valence-corrected chi connectivity index (χ3v) is 3.20. The monoisotopic (exact) mass is 233 g/mol. The summed E-state index contributed by atoms with van der Waals surface area (Å²) in [4.78, 5) is 20.9. The average molecular weight is 233 g/mol. The van der Waals surface area contributed by atoms with Crippen LogP contribution in [0.25, 0.3) is 5.70 Å². The zero-order chi connectivity index (χ0) is 11.7. The van der Waals surface area contributed by atoms with Crippen LogP contribution >= 0.6 is 0 Å². The van der Waals surface area contributed by atoms with Crippen molar-refractivity contribution in [2.45, 2.75) is 25.3 Å². The van der Waals surface area contributed by atoms with Crippen LogP contribution in [-0.2, 0) is 0 Å². The first-order valence-electron chi connectivity index (χ1n) is 5.86. The Morgan fingerprint density at radius 1 is 1.53 bits per heavy atom. The summed E-state index contributed by atoms with van der Waals surface area (Å²) in [6, 6.07) is 0.295. The number of rotatable bonds is 2. The Morgan fingerprint density at radius 3 is 3.06 bits per heavy atom. The molecule has 0 saturated heterocycles. The first kappa shape index (κ1) is 10.2. The molecule has 3 rings (SSSR count). The van der Waals surface area contributed by atoms with Crippen molar-refractivity contribution in [3.05, 3.63) is 24.4 Å². The summed E-state index contributed by atoms with van der Waals surface area (Å²) in [6.07, 6.45) is 8.62. The summed E-state index contributed by atoms with van der Waals surface area (Å²) in [7, 11) is 0. The van der Waals surface area contributed by atoms with Gasteiger partial charge in [-0.2, -0.15) is 0 Å². The lowest BCUT2D eigenvalue weighted by Gasteiger charge is -2.29. The first-order chi connectivity index (χ1) is 8.34. The lowest BCUT2D eigenvalue weighted by molar-refractivity contribution is 0.206. The van der Waals surface area contributed by atoms with E-state index < -0.39 is 0 Å². The molecule has 90 valence electrons. The molecular formula is C11H15N5O. The van der Waals surface area contributed by atoms with Gasteiger partial charge in [0, 0.05) is 24.6 Å². The fraction of sp³-hybridized carbons (Fsp3) is 0.455. The number of carbonyl (C=O) groups is 1. The highest BCUT2D eigenvalue weighted by Gasteiger charge is 2.27. The van der Waals surface area contributed by atoms with E-state index in [2.05, 4.69) is 20.6 Å². The van der Waals surface area contributed by atoms with Gasteiger partial charge in [-0.1, -0.05) is 0 Å². The molecule has 3 N–H and O–H groups in total. The molecule has 0 bridgehead atoms. The number of nitrogens with zero attached hydrogens (tertiary/aromatic N) is 2. The van der Waals surface area contributed by atoms with Crippen molar-refractivity contribution >= 4 is 11.7 Å². The van der Waals surface area contributed by atoms with Crippen LogP contribution < -0.4 is 10.6 Å².